The highest BCUT2D eigenvalue weighted by Crippen LogP contribution is 2.52. The highest BCUT2D eigenvalue weighted by molar-refractivity contribution is 7.25. The third-order valence-electron chi connectivity index (χ3n) is 11.1. The van der Waals surface area contributed by atoms with Crippen molar-refractivity contribution in [2.24, 2.45) is 0 Å². The summed E-state index contributed by atoms with van der Waals surface area (Å²) in [5, 5.41) is 2.62. The molecule has 252 valence electrons. The number of nitrogens with zero attached hydrogens (tertiary/aromatic N) is 1. The van der Waals surface area contributed by atoms with Crippen LogP contribution in [0.15, 0.2) is 188 Å². The van der Waals surface area contributed by atoms with E-state index in [-0.39, 0.29) is 5.41 Å². The number of thiophene rings is 1. The fraction of sp³-hybridized carbons (Fsp3) is 0.0588. The van der Waals surface area contributed by atoms with Crippen molar-refractivity contribution in [3.63, 3.8) is 0 Å². The van der Waals surface area contributed by atoms with E-state index in [0.717, 1.165) is 17.1 Å². The molecule has 0 N–H and O–H groups in total. The first-order valence-electron chi connectivity index (χ1n) is 18.4. The molecule has 0 saturated heterocycles. The number of anilines is 3. The lowest BCUT2D eigenvalue weighted by molar-refractivity contribution is 0.660. The summed E-state index contributed by atoms with van der Waals surface area (Å²) in [4.78, 5) is 2.50. The van der Waals surface area contributed by atoms with Gasteiger partial charge < -0.3 is 4.90 Å². The first-order chi connectivity index (χ1) is 26.1. The van der Waals surface area contributed by atoms with Crippen LogP contribution in [0.25, 0.3) is 64.7 Å². The second-order valence-electron chi connectivity index (χ2n) is 14.5. The van der Waals surface area contributed by atoms with Crippen LogP contribution < -0.4 is 4.90 Å². The number of fused-ring (bicyclic) bond motifs is 6. The molecule has 0 amide bonds. The van der Waals surface area contributed by atoms with Gasteiger partial charge in [-0.05, 0) is 80.9 Å². The average molecular weight is 696 g/mol. The summed E-state index contributed by atoms with van der Waals surface area (Å²) >= 11 is 1.87. The van der Waals surface area contributed by atoms with Crippen LogP contribution in [0.3, 0.4) is 0 Å². The molecule has 0 fully saturated rings. The summed E-state index contributed by atoms with van der Waals surface area (Å²) in [6.45, 7) is 4.73. The summed E-state index contributed by atoms with van der Waals surface area (Å²) in [5.74, 6) is 0. The molecule has 1 aromatic heterocycles. The lowest BCUT2D eigenvalue weighted by Crippen LogP contribution is -2.17. The van der Waals surface area contributed by atoms with E-state index >= 15 is 0 Å². The van der Waals surface area contributed by atoms with Gasteiger partial charge in [0.05, 0.1) is 11.4 Å². The molecular formula is C51H37NS. The summed E-state index contributed by atoms with van der Waals surface area (Å²) < 4.78 is 2.62. The first-order valence-corrected chi connectivity index (χ1v) is 19.2. The quantitative estimate of drug-likeness (QED) is 0.167. The van der Waals surface area contributed by atoms with Gasteiger partial charge in [-0.3, -0.25) is 0 Å². The van der Waals surface area contributed by atoms with Gasteiger partial charge in [-0.25, -0.2) is 0 Å². The molecule has 0 aliphatic heterocycles. The summed E-state index contributed by atoms with van der Waals surface area (Å²) in [6, 6.07) is 69.1. The molecule has 1 aliphatic carbocycles. The zero-order chi connectivity index (χ0) is 35.5. The van der Waals surface area contributed by atoms with E-state index in [2.05, 4.69) is 207 Å². The van der Waals surface area contributed by atoms with Crippen LogP contribution in [-0.4, -0.2) is 0 Å². The summed E-state index contributed by atoms with van der Waals surface area (Å²) in [6.07, 6.45) is 0. The maximum Gasteiger partial charge on any atom is 0.0540 e. The van der Waals surface area contributed by atoms with Crippen LogP contribution in [0.2, 0.25) is 0 Å². The van der Waals surface area contributed by atoms with Crippen LogP contribution in [0, 0.1) is 0 Å². The van der Waals surface area contributed by atoms with E-state index in [0.29, 0.717) is 0 Å². The topological polar surface area (TPSA) is 3.24 Å². The van der Waals surface area contributed by atoms with E-state index in [4.69, 9.17) is 0 Å². The number of hydrogen-bond donors (Lipinski definition) is 0. The Bertz CT molecular complexity index is 2810. The molecule has 0 spiro atoms. The average Bonchev–Trinajstić information content (AvgIpc) is 3.71. The SMILES string of the molecule is CC1(C)c2ccccc2-c2ccc(N(c3ccccc3-c3ccc(-c4ccccc4)cc3)c3ccccc3-c3cccc4sc5ccccc5c34)cc21. The Morgan fingerprint density at radius 2 is 0.962 bits per heavy atom. The maximum atomic E-state index is 2.50. The zero-order valence-corrected chi connectivity index (χ0v) is 30.6. The standard InChI is InChI=1S/C51H37NS/c1-51(2)44-22-10-6-18-39(44)40-32-31-37(33-45(40)51)52(46-23-11-7-17-38(46)36-29-27-35(28-30-36)34-15-4-3-5-16-34)47-24-12-8-19-41(47)42-21-14-26-49-50(42)43-20-9-13-25-48(43)53-49/h3-33H,1-2H3. The summed E-state index contributed by atoms with van der Waals surface area (Å²) in [7, 11) is 0. The molecule has 0 atom stereocenters. The molecule has 53 heavy (non-hydrogen) atoms. The Morgan fingerprint density at radius 3 is 1.77 bits per heavy atom. The van der Waals surface area contributed by atoms with Gasteiger partial charge in [-0.15, -0.1) is 11.3 Å². The van der Waals surface area contributed by atoms with Gasteiger partial charge in [0.1, 0.15) is 0 Å². The van der Waals surface area contributed by atoms with Crippen molar-refractivity contribution in [1.82, 2.24) is 0 Å². The molecular weight excluding hydrogens is 659 g/mol. The Kier molecular flexibility index (Phi) is 7.42. The number of rotatable bonds is 6. The number of benzene rings is 8. The molecule has 0 bridgehead atoms. The van der Waals surface area contributed by atoms with Gasteiger partial charge >= 0.3 is 0 Å². The predicted molar refractivity (Wildman–Crippen MR) is 228 cm³/mol. The van der Waals surface area contributed by atoms with E-state index < -0.39 is 0 Å². The Hall–Kier alpha value is -6.22. The smallest absolute Gasteiger partial charge is 0.0540 e. The van der Waals surface area contributed by atoms with Gasteiger partial charge in [0.15, 0.2) is 0 Å². The lowest BCUT2D eigenvalue weighted by Gasteiger charge is -2.31. The molecule has 9 aromatic rings. The minimum Gasteiger partial charge on any atom is -0.309 e. The minimum atomic E-state index is -0.124. The van der Waals surface area contributed by atoms with Gasteiger partial charge in [-0.1, -0.05) is 166 Å². The lowest BCUT2D eigenvalue weighted by atomic mass is 9.82. The van der Waals surface area contributed by atoms with Crippen molar-refractivity contribution in [1.29, 1.82) is 0 Å². The van der Waals surface area contributed by atoms with Crippen molar-refractivity contribution < 1.29 is 0 Å². The van der Waals surface area contributed by atoms with Crippen molar-refractivity contribution in [3.8, 4) is 44.5 Å². The number of para-hydroxylation sites is 2. The molecule has 0 unspecified atom stereocenters. The molecule has 8 aromatic carbocycles. The number of hydrogen-bond acceptors (Lipinski definition) is 2. The van der Waals surface area contributed by atoms with E-state index in [1.165, 1.54) is 75.8 Å². The molecule has 10 rings (SSSR count). The third kappa shape index (κ3) is 5.13. The second kappa shape index (κ2) is 12.5. The third-order valence-corrected chi connectivity index (χ3v) is 12.2. The fourth-order valence-corrected chi connectivity index (χ4v) is 9.65. The van der Waals surface area contributed by atoms with Crippen LogP contribution >= 0.6 is 11.3 Å². The van der Waals surface area contributed by atoms with Crippen LogP contribution in [0.5, 0.6) is 0 Å². The van der Waals surface area contributed by atoms with Crippen LogP contribution in [-0.2, 0) is 5.41 Å². The molecule has 2 heteroatoms. The van der Waals surface area contributed by atoms with Crippen molar-refractivity contribution in [2.75, 3.05) is 4.90 Å². The Morgan fingerprint density at radius 1 is 0.396 bits per heavy atom. The van der Waals surface area contributed by atoms with E-state index in [1.54, 1.807) is 0 Å². The zero-order valence-electron chi connectivity index (χ0n) is 29.8. The molecule has 1 aliphatic rings. The van der Waals surface area contributed by atoms with Crippen molar-refractivity contribution >= 4 is 48.6 Å². The molecule has 0 radical (unpaired) electrons. The molecule has 0 saturated carbocycles. The normalized spacial score (nSPS) is 12.9. The van der Waals surface area contributed by atoms with Gasteiger partial charge in [0.25, 0.3) is 0 Å². The predicted octanol–water partition coefficient (Wildman–Crippen LogP) is 14.8. The van der Waals surface area contributed by atoms with Crippen molar-refractivity contribution in [2.45, 2.75) is 19.3 Å². The Labute approximate surface area is 315 Å². The highest BCUT2D eigenvalue weighted by Gasteiger charge is 2.36. The van der Waals surface area contributed by atoms with Gasteiger partial charge in [-0.2, -0.15) is 0 Å². The van der Waals surface area contributed by atoms with Gasteiger partial charge in [0, 0.05) is 42.4 Å². The second-order valence-corrected chi connectivity index (χ2v) is 15.6. The highest BCUT2D eigenvalue weighted by atomic mass is 32.1. The first kappa shape index (κ1) is 31.5. The van der Waals surface area contributed by atoms with Gasteiger partial charge in [0.2, 0.25) is 0 Å². The van der Waals surface area contributed by atoms with Crippen LogP contribution in [0.4, 0.5) is 17.1 Å². The largest absolute Gasteiger partial charge is 0.309 e. The monoisotopic (exact) mass is 695 g/mol. The van der Waals surface area contributed by atoms with E-state index in [1.807, 2.05) is 11.3 Å². The van der Waals surface area contributed by atoms with Crippen molar-refractivity contribution in [3.05, 3.63) is 199 Å². The molecule has 1 nitrogen and oxygen atoms in total. The minimum absolute atomic E-state index is 0.124. The fourth-order valence-electron chi connectivity index (χ4n) is 8.52. The van der Waals surface area contributed by atoms with Crippen LogP contribution in [0.1, 0.15) is 25.0 Å². The summed E-state index contributed by atoms with van der Waals surface area (Å²) in [5.41, 5.74) is 16.0. The maximum absolute atomic E-state index is 2.50. The van der Waals surface area contributed by atoms with E-state index in [9.17, 15) is 0 Å². The Balaban J connectivity index is 1.21. The molecule has 1 heterocycles.